The molecule has 21 heavy (non-hydrogen) atoms. The van der Waals surface area contributed by atoms with E-state index in [0.717, 1.165) is 41.7 Å². The number of benzene rings is 1. The second kappa shape index (κ2) is 6.54. The van der Waals surface area contributed by atoms with Crippen LogP contribution >= 0.6 is 0 Å². The summed E-state index contributed by atoms with van der Waals surface area (Å²) in [5.41, 5.74) is 2.92. The van der Waals surface area contributed by atoms with Crippen molar-refractivity contribution >= 4 is 11.3 Å². The molecule has 0 amide bonds. The first kappa shape index (κ1) is 15.3. The number of hydrogen-bond acceptors (Lipinski definition) is 4. The molecule has 0 heterocycles. The maximum Gasteiger partial charge on any atom is 0.269 e. The lowest BCUT2D eigenvalue weighted by Crippen LogP contribution is -2.03. The number of unbranched alkanes of at least 4 members (excludes halogenated alkanes) is 1. The lowest BCUT2D eigenvalue weighted by Gasteiger charge is -2.13. The third kappa shape index (κ3) is 2.83. The Kier molecular flexibility index (Phi) is 4.75. The standard InChI is InChI=1S/C16H19NO4/c1-4-5-6-7-13-12-9-8-11(17(18)19)10-14(12)16(21-3)15(13)20-2/h4,8-10,16H,1,5-7H2,2-3H3. The minimum atomic E-state index is -0.394. The molecule has 1 aromatic carbocycles. The van der Waals surface area contributed by atoms with Crippen LogP contribution in [0.2, 0.25) is 0 Å². The zero-order chi connectivity index (χ0) is 15.4. The van der Waals surface area contributed by atoms with Crippen LogP contribution in [0, 0.1) is 10.1 Å². The highest BCUT2D eigenvalue weighted by Gasteiger charge is 2.33. The van der Waals surface area contributed by atoms with E-state index in [1.807, 2.05) is 6.08 Å². The zero-order valence-corrected chi connectivity index (χ0v) is 12.3. The fourth-order valence-electron chi connectivity index (χ4n) is 2.73. The third-order valence-corrected chi connectivity index (χ3v) is 3.68. The Bertz CT molecular complexity index is 592. The van der Waals surface area contributed by atoms with E-state index in [1.54, 1.807) is 26.4 Å². The molecule has 1 aromatic rings. The van der Waals surface area contributed by atoms with E-state index in [1.165, 1.54) is 6.07 Å². The summed E-state index contributed by atoms with van der Waals surface area (Å²) in [5, 5.41) is 10.9. The van der Waals surface area contributed by atoms with Gasteiger partial charge < -0.3 is 9.47 Å². The third-order valence-electron chi connectivity index (χ3n) is 3.68. The zero-order valence-electron chi connectivity index (χ0n) is 12.3. The van der Waals surface area contributed by atoms with Crippen molar-refractivity contribution < 1.29 is 14.4 Å². The molecular formula is C16H19NO4. The van der Waals surface area contributed by atoms with Crippen molar-refractivity contribution in [2.24, 2.45) is 0 Å². The summed E-state index contributed by atoms with van der Waals surface area (Å²) in [5.74, 6) is 0.747. The number of nitro benzene ring substituents is 1. The molecule has 0 aliphatic heterocycles. The van der Waals surface area contributed by atoms with Gasteiger partial charge in [0.15, 0.2) is 0 Å². The molecular weight excluding hydrogens is 270 g/mol. The van der Waals surface area contributed by atoms with Crippen LogP contribution in [-0.2, 0) is 9.47 Å². The van der Waals surface area contributed by atoms with E-state index in [9.17, 15) is 10.1 Å². The van der Waals surface area contributed by atoms with Gasteiger partial charge in [0.05, 0.1) is 12.0 Å². The lowest BCUT2D eigenvalue weighted by molar-refractivity contribution is -0.385. The van der Waals surface area contributed by atoms with Gasteiger partial charge in [0.2, 0.25) is 0 Å². The van der Waals surface area contributed by atoms with Gasteiger partial charge in [0, 0.05) is 30.4 Å². The minimum Gasteiger partial charge on any atom is -0.498 e. The number of methoxy groups -OCH3 is 2. The summed E-state index contributed by atoms with van der Waals surface area (Å²) in [6.45, 7) is 3.72. The molecule has 1 aliphatic carbocycles. The predicted molar refractivity (Wildman–Crippen MR) is 80.8 cm³/mol. The monoisotopic (exact) mass is 289 g/mol. The first-order valence-electron chi connectivity index (χ1n) is 6.83. The maximum absolute atomic E-state index is 10.9. The number of hydrogen-bond donors (Lipinski definition) is 0. The number of ether oxygens (including phenoxy) is 2. The van der Waals surface area contributed by atoms with Crippen molar-refractivity contribution in [1.82, 2.24) is 0 Å². The number of rotatable bonds is 7. The molecule has 0 spiro atoms. The fraction of sp³-hybridized carbons (Fsp3) is 0.375. The average molecular weight is 289 g/mol. The van der Waals surface area contributed by atoms with Crippen molar-refractivity contribution in [2.45, 2.75) is 25.4 Å². The van der Waals surface area contributed by atoms with Gasteiger partial charge in [-0.25, -0.2) is 0 Å². The first-order chi connectivity index (χ1) is 10.1. The van der Waals surface area contributed by atoms with Crippen LogP contribution in [0.5, 0.6) is 0 Å². The highest BCUT2D eigenvalue weighted by Crippen LogP contribution is 2.45. The maximum atomic E-state index is 10.9. The largest absolute Gasteiger partial charge is 0.498 e. The molecule has 112 valence electrons. The van der Waals surface area contributed by atoms with Gasteiger partial charge in [-0.15, -0.1) is 6.58 Å². The van der Waals surface area contributed by atoms with Gasteiger partial charge in [-0.1, -0.05) is 6.08 Å². The van der Waals surface area contributed by atoms with E-state index >= 15 is 0 Å². The molecule has 1 unspecified atom stereocenters. The Labute approximate surface area is 124 Å². The second-order valence-electron chi connectivity index (χ2n) is 4.87. The topological polar surface area (TPSA) is 61.6 Å². The molecule has 0 saturated heterocycles. The smallest absolute Gasteiger partial charge is 0.269 e. The SMILES string of the molecule is C=CCCCC1=C(OC)C(OC)c2cc([N+](=O)[O-])ccc21. The molecule has 1 aliphatic rings. The second-order valence-corrected chi connectivity index (χ2v) is 4.87. The molecule has 5 heteroatoms. The number of nitro groups is 1. The number of fused-ring (bicyclic) bond motifs is 1. The highest BCUT2D eigenvalue weighted by molar-refractivity contribution is 5.77. The molecule has 0 aromatic heterocycles. The van der Waals surface area contributed by atoms with Crippen LogP contribution in [0.15, 0.2) is 36.6 Å². The van der Waals surface area contributed by atoms with Crippen molar-refractivity contribution in [3.8, 4) is 0 Å². The van der Waals surface area contributed by atoms with E-state index in [-0.39, 0.29) is 11.8 Å². The van der Waals surface area contributed by atoms with Crippen LogP contribution in [0.1, 0.15) is 36.5 Å². The Hall–Kier alpha value is -2.14. The number of nitrogens with zero attached hydrogens (tertiary/aromatic N) is 1. The summed E-state index contributed by atoms with van der Waals surface area (Å²) in [4.78, 5) is 10.6. The van der Waals surface area contributed by atoms with Crippen molar-refractivity contribution in [1.29, 1.82) is 0 Å². The summed E-state index contributed by atoms with van der Waals surface area (Å²) in [7, 11) is 3.19. The molecule has 2 rings (SSSR count). The van der Waals surface area contributed by atoms with Gasteiger partial charge in [-0.05, 0) is 30.9 Å². The summed E-state index contributed by atoms with van der Waals surface area (Å²) in [6.07, 6.45) is 4.22. The summed E-state index contributed by atoms with van der Waals surface area (Å²) in [6, 6.07) is 4.88. The van der Waals surface area contributed by atoms with E-state index in [4.69, 9.17) is 9.47 Å². The molecule has 5 nitrogen and oxygen atoms in total. The van der Waals surface area contributed by atoms with E-state index in [0.29, 0.717) is 0 Å². The minimum absolute atomic E-state index is 0.0681. The molecule has 0 saturated carbocycles. The predicted octanol–water partition coefficient (Wildman–Crippen LogP) is 4.01. The van der Waals surface area contributed by atoms with Crippen molar-refractivity contribution in [3.05, 3.63) is 57.9 Å². The van der Waals surface area contributed by atoms with Gasteiger partial charge in [0.1, 0.15) is 11.9 Å². The quantitative estimate of drug-likeness (QED) is 0.329. The van der Waals surface area contributed by atoms with Crippen molar-refractivity contribution in [3.63, 3.8) is 0 Å². The van der Waals surface area contributed by atoms with Crippen LogP contribution in [0.3, 0.4) is 0 Å². The van der Waals surface area contributed by atoms with Gasteiger partial charge in [-0.3, -0.25) is 10.1 Å². The van der Waals surface area contributed by atoms with Crippen LogP contribution in [0.4, 0.5) is 5.69 Å². The fourth-order valence-corrected chi connectivity index (χ4v) is 2.73. The van der Waals surface area contributed by atoms with E-state index < -0.39 is 4.92 Å². The number of non-ortho nitro benzene ring substituents is 1. The van der Waals surface area contributed by atoms with E-state index in [2.05, 4.69) is 6.58 Å². The Morgan fingerprint density at radius 3 is 2.76 bits per heavy atom. The molecule has 1 atom stereocenters. The Balaban J connectivity index is 2.43. The van der Waals surface area contributed by atoms with Gasteiger partial charge in [-0.2, -0.15) is 0 Å². The first-order valence-corrected chi connectivity index (χ1v) is 6.83. The normalized spacial score (nSPS) is 16.8. The van der Waals surface area contributed by atoms with Gasteiger partial charge >= 0.3 is 0 Å². The van der Waals surface area contributed by atoms with Crippen LogP contribution in [-0.4, -0.2) is 19.1 Å². The average Bonchev–Trinajstić information content (AvgIpc) is 2.79. The molecule has 0 bridgehead atoms. The molecule has 0 fully saturated rings. The molecule has 0 radical (unpaired) electrons. The molecule has 0 N–H and O–H groups in total. The Morgan fingerprint density at radius 2 is 2.19 bits per heavy atom. The van der Waals surface area contributed by atoms with Crippen molar-refractivity contribution in [2.75, 3.05) is 14.2 Å². The van der Waals surface area contributed by atoms with Crippen LogP contribution in [0.25, 0.3) is 5.57 Å². The van der Waals surface area contributed by atoms with Gasteiger partial charge in [0.25, 0.3) is 5.69 Å². The van der Waals surface area contributed by atoms with Crippen LogP contribution < -0.4 is 0 Å². The lowest BCUT2D eigenvalue weighted by atomic mass is 10.0. The summed E-state index contributed by atoms with van der Waals surface area (Å²) < 4.78 is 11.0. The number of allylic oxidation sites excluding steroid dienone is 2. The summed E-state index contributed by atoms with van der Waals surface area (Å²) >= 11 is 0. The highest BCUT2D eigenvalue weighted by atomic mass is 16.6. The Morgan fingerprint density at radius 1 is 1.43 bits per heavy atom.